The van der Waals surface area contributed by atoms with Gasteiger partial charge in [-0.3, -0.25) is 0 Å². The molecule has 0 bridgehead atoms. The molecule has 2 rings (SSSR count). The van der Waals surface area contributed by atoms with Gasteiger partial charge in [-0.1, -0.05) is 18.2 Å². The monoisotopic (exact) mass is 292 g/mol. The van der Waals surface area contributed by atoms with Crippen molar-refractivity contribution in [2.75, 3.05) is 27.2 Å². The minimum absolute atomic E-state index is 0.251. The maximum absolute atomic E-state index is 10.3. The standard InChI is InChI=1S/C16H24N2OS/c1-12(17-10-16(2,19)11-18(3)4)15-9-13-7-5-6-8-14(13)20-15/h5-9,12,17,19H,10-11H2,1-4H3. The molecule has 0 aliphatic heterocycles. The predicted molar refractivity (Wildman–Crippen MR) is 87.4 cm³/mol. The SMILES string of the molecule is CC(NCC(C)(O)CN(C)C)c1cc2ccccc2s1. The molecule has 2 atom stereocenters. The molecule has 0 spiro atoms. The molecular weight excluding hydrogens is 268 g/mol. The van der Waals surface area contributed by atoms with E-state index >= 15 is 0 Å². The van der Waals surface area contributed by atoms with Crippen LogP contribution in [0.5, 0.6) is 0 Å². The zero-order chi connectivity index (χ0) is 14.8. The lowest BCUT2D eigenvalue weighted by molar-refractivity contribution is 0.0318. The quantitative estimate of drug-likeness (QED) is 0.859. The van der Waals surface area contributed by atoms with Crippen molar-refractivity contribution >= 4 is 21.4 Å². The van der Waals surface area contributed by atoms with Gasteiger partial charge >= 0.3 is 0 Å². The summed E-state index contributed by atoms with van der Waals surface area (Å²) in [4.78, 5) is 3.32. The Kier molecular flexibility index (Phi) is 4.81. The zero-order valence-electron chi connectivity index (χ0n) is 12.7. The number of benzene rings is 1. The lowest BCUT2D eigenvalue weighted by Crippen LogP contribution is -2.46. The van der Waals surface area contributed by atoms with E-state index in [1.807, 2.05) is 37.3 Å². The van der Waals surface area contributed by atoms with Crippen LogP contribution in [0.1, 0.15) is 24.8 Å². The molecule has 110 valence electrons. The topological polar surface area (TPSA) is 35.5 Å². The Balaban J connectivity index is 1.99. The molecule has 1 aromatic heterocycles. The molecule has 20 heavy (non-hydrogen) atoms. The predicted octanol–water partition coefficient (Wildman–Crippen LogP) is 2.86. The highest BCUT2D eigenvalue weighted by atomic mass is 32.1. The van der Waals surface area contributed by atoms with Crippen LogP contribution in [0.15, 0.2) is 30.3 Å². The van der Waals surface area contributed by atoms with Crippen LogP contribution in [-0.2, 0) is 0 Å². The minimum atomic E-state index is -0.714. The van der Waals surface area contributed by atoms with Crippen LogP contribution in [0.3, 0.4) is 0 Å². The fourth-order valence-electron chi connectivity index (χ4n) is 2.43. The van der Waals surface area contributed by atoms with Crippen LogP contribution in [0, 0.1) is 0 Å². The Hall–Kier alpha value is -0.940. The van der Waals surface area contributed by atoms with Crippen molar-refractivity contribution in [3.63, 3.8) is 0 Å². The summed E-state index contributed by atoms with van der Waals surface area (Å²) in [5.74, 6) is 0. The molecule has 4 heteroatoms. The van der Waals surface area contributed by atoms with Gasteiger partial charge in [-0.2, -0.15) is 0 Å². The first-order chi connectivity index (χ1) is 9.37. The number of fused-ring (bicyclic) bond motifs is 1. The molecule has 0 aliphatic carbocycles. The van der Waals surface area contributed by atoms with Crippen molar-refractivity contribution in [1.82, 2.24) is 10.2 Å². The average Bonchev–Trinajstić information content (AvgIpc) is 2.78. The third-order valence-electron chi connectivity index (χ3n) is 3.32. The summed E-state index contributed by atoms with van der Waals surface area (Å²) in [7, 11) is 3.95. The first kappa shape index (κ1) is 15.4. The fraction of sp³-hybridized carbons (Fsp3) is 0.500. The van der Waals surface area contributed by atoms with Crippen LogP contribution in [-0.4, -0.2) is 42.8 Å². The van der Waals surface area contributed by atoms with Crippen molar-refractivity contribution in [2.24, 2.45) is 0 Å². The van der Waals surface area contributed by atoms with Gasteiger partial charge in [-0.05, 0) is 45.5 Å². The normalized spacial score (nSPS) is 16.5. The van der Waals surface area contributed by atoms with Gasteiger partial charge in [0, 0.05) is 28.7 Å². The Labute approximate surface area is 125 Å². The van der Waals surface area contributed by atoms with Gasteiger partial charge in [-0.15, -0.1) is 11.3 Å². The third-order valence-corrected chi connectivity index (χ3v) is 4.62. The highest BCUT2D eigenvalue weighted by molar-refractivity contribution is 7.19. The number of aliphatic hydroxyl groups is 1. The molecule has 0 saturated carbocycles. The smallest absolute Gasteiger partial charge is 0.0869 e. The third kappa shape index (κ3) is 4.03. The van der Waals surface area contributed by atoms with Gasteiger partial charge in [0.2, 0.25) is 0 Å². The number of nitrogens with one attached hydrogen (secondary N) is 1. The minimum Gasteiger partial charge on any atom is -0.388 e. The second kappa shape index (κ2) is 6.22. The molecule has 0 radical (unpaired) electrons. The van der Waals surface area contributed by atoms with Crippen LogP contribution >= 0.6 is 11.3 Å². The van der Waals surface area contributed by atoms with Crippen LogP contribution in [0.25, 0.3) is 10.1 Å². The van der Waals surface area contributed by atoms with E-state index in [0.29, 0.717) is 13.1 Å². The molecule has 0 aliphatic rings. The van der Waals surface area contributed by atoms with Gasteiger partial charge in [0.1, 0.15) is 0 Å². The molecule has 3 nitrogen and oxygen atoms in total. The molecule has 2 aromatic rings. The number of likely N-dealkylation sites (N-methyl/N-ethyl adjacent to an activating group) is 1. The molecule has 1 aromatic carbocycles. The number of nitrogens with zero attached hydrogens (tertiary/aromatic N) is 1. The van der Waals surface area contributed by atoms with E-state index in [2.05, 4.69) is 42.6 Å². The summed E-state index contributed by atoms with van der Waals surface area (Å²) in [5, 5.41) is 15.1. The summed E-state index contributed by atoms with van der Waals surface area (Å²) in [5.41, 5.74) is -0.714. The molecule has 1 heterocycles. The van der Waals surface area contributed by atoms with Crippen LogP contribution in [0.2, 0.25) is 0 Å². The van der Waals surface area contributed by atoms with E-state index < -0.39 is 5.60 Å². The molecule has 0 saturated heterocycles. The van der Waals surface area contributed by atoms with Crippen LogP contribution in [0.4, 0.5) is 0 Å². The van der Waals surface area contributed by atoms with Gasteiger partial charge in [0.15, 0.2) is 0 Å². The van der Waals surface area contributed by atoms with E-state index in [-0.39, 0.29) is 6.04 Å². The summed E-state index contributed by atoms with van der Waals surface area (Å²) in [6, 6.07) is 10.9. The van der Waals surface area contributed by atoms with Gasteiger partial charge < -0.3 is 15.3 Å². The van der Waals surface area contributed by atoms with Gasteiger partial charge in [0.05, 0.1) is 5.60 Å². The second-order valence-corrected chi connectivity index (χ2v) is 7.14. The first-order valence-electron chi connectivity index (χ1n) is 6.96. The van der Waals surface area contributed by atoms with E-state index in [0.717, 1.165) is 0 Å². The Morgan fingerprint density at radius 2 is 2.05 bits per heavy atom. The number of thiophene rings is 1. The molecular formula is C16H24N2OS. The first-order valence-corrected chi connectivity index (χ1v) is 7.78. The maximum atomic E-state index is 10.3. The highest BCUT2D eigenvalue weighted by Gasteiger charge is 2.22. The van der Waals surface area contributed by atoms with Crippen molar-refractivity contribution in [2.45, 2.75) is 25.5 Å². The van der Waals surface area contributed by atoms with Crippen molar-refractivity contribution < 1.29 is 5.11 Å². The van der Waals surface area contributed by atoms with Crippen molar-refractivity contribution in [1.29, 1.82) is 0 Å². The molecule has 0 fully saturated rings. The van der Waals surface area contributed by atoms with E-state index in [1.165, 1.54) is 15.0 Å². The Bertz CT molecular complexity index is 529. The molecule has 2 N–H and O–H groups in total. The summed E-state index contributed by atoms with van der Waals surface area (Å²) >= 11 is 1.82. The lowest BCUT2D eigenvalue weighted by atomic mass is 10.1. The highest BCUT2D eigenvalue weighted by Crippen LogP contribution is 2.29. The Morgan fingerprint density at radius 3 is 2.70 bits per heavy atom. The summed E-state index contributed by atoms with van der Waals surface area (Å²) in [6.45, 7) is 5.26. The zero-order valence-corrected chi connectivity index (χ0v) is 13.5. The van der Waals surface area contributed by atoms with Gasteiger partial charge in [0.25, 0.3) is 0 Å². The molecule has 0 amide bonds. The van der Waals surface area contributed by atoms with Gasteiger partial charge in [-0.25, -0.2) is 0 Å². The molecule has 2 unspecified atom stereocenters. The van der Waals surface area contributed by atoms with E-state index in [9.17, 15) is 5.11 Å². The second-order valence-electron chi connectivity index (χ2n) is 6.02. The van der Waals surface area contributed by atoms with E-state index in [4.69, 9.17) is 0 Å². The lowest BCUT2D eigenvalue weighted by Gasteiger charge is -2.28. The summed E-state index contributed by atoms with van der Waals surface area (Å²) < 4.78 is 1.32. The van der Waals surface area contributed by atoms with Crippen molar-refractivity contribution in [3.05, 3.63) is 35.2 Å². The maximum Gasteiger partial charge on any atom is 0.0869 e. The fourth-order valence-corrected chi connectivity index (χ4v) is 3.52. The van der Waals surface area contributed by atoms with Crippen LogP contribution < -0.4 is 5.32 Å². The number of hydrogen-bond acceptors (Lipinski definition) is 4. The number of hydrogen-bond donors (Lipinski definition) is 2. The van der Waals surface area contributed by atoms with E-state index in [1.54, 1.807) is 0 Å². The number of rotatable bonds is 6. The Morgan fingerprint density at radius 1 is 1.35 bits per heavy atom. The average molecular weight is 292 g/mol. The van der Waals surface area contributed by atoms with Crippen molar-refractivity contribution in [3.8, 4) is 0 Å². The largest absolute Gasteiger partial charge is 0.388 e. The summed E-state index contributed by atoms with van der Waals surface area (Å²) in [6.07, 6.45) is 0.